The molecule has 2 aliphatic rings. The van der Waals surface area contributed by atoms with Gasteiger partial charge in [-0.05, 0) is 23.8 Å². The quantitative estimate of drug-likeness (QED) is 0.637. The van der Waals surface area contributed by atoms with E-state index in [4.69, 9.17) is 14.2 Å². The first-order chi connectivity index (χ1) is 14.2. The van der Waals surface area contributed by atoms with Crippen LogP contribution in [0.15, 0.2) is 48.7 Å². The van der Waals surface area contributed by atoms with E-state index in [-0.39, 0.29) is 12.2 Å². The van der Waals surface area contributed by atoms with E-state index in [2.05, 4.69) is 9.88 Å². The lowest BCUT2D eigenvalue weighted by atomic mass is 10.0. The first kappa shape index (κ1) is 18.2. The zero-order valence-electron chi connectivity index (χ0n) is 16.3. The molecule has 1 fully saturated rings. The smallest absolute Gasteiger partial charge is 0.344 e. The van der Waals surface area contributed by atoms with Gasteiger partial charge in [-0.15, -0.1) is 0 Å². The van der Waals surface area contributed by atoms with Crippen molar-refractivity contribution in [3.8, 4) is 5.75 Å². The molecule has 6 nitrogen and oxygen atoms in total. The third kappa shape index (κ3) is 3.29. The molecule has 1 saturated heterocycles. The molecular weight excluding hydrogens is 368 g/mol. The van der Waals surface area contributed by atoms with Gasteiger partial charge in [0.1, 0.15) is 6.23 Å². The number of aromatic nitrogens is 1. The second-order valence-corrected chi connectivity index (χ2v) is 7.34. The highest BCUT2D eigenvalue weighted by molar-refractivity contribution is 6.05. The molecule has 3 aromatic rings. The Morgan fingerprint density at radius 1 is 1.14 bits per heavy atom. The molecule has 0 aliphatic carbocycles. The van der Waals surface area contributed by atoms with Gasteiger partial charge >= 0.3 is 5.97 Å². The lowest BCUT2D eigenvalue weighted by molar-refractivity contribution is -0.0918. The molecule has 0 saturated carbocycles. The number of nitrogens with zero attached hydrogens (tertiary/aromatic N) is 2. The highest BCUT2D eigenvalue weighted by atomic mass is 16.5. The highest BCUT2D eigenvalue weighted by Crippen LogP contribution is 2.41. The summed E-state index contributed by atoms with van der Waals surface area (Å²) in [6.45, 7) is 5.23. The van der Waals surface area contributed by atoms with Gasteiger partial charge in [0, 0.05) is 30.4 Å². The summed E-state index contributed by atoms with van der Waals surface area (Å²) in [4.78, 5) is 19.8. The second kappa shape index (κ2) is 7.55. The third-order valence-corrected chi connectivity index (χ3v) is 5.56. The molecule has 0 spiro atoms. The molecule has 5 rings (SSSR count). The van der Waals surface area contributed by atoms with Crippen molar-refractivity contribution in [1.29, 1.82) is 0 Å². The molecule has 2 aromatic carbocycles. The van der Waals surface area contributed by atoms with Crippen molar-refractivity contribution >= 4 is 16.7 Å². The minimum absolute atomic E-state index is 0.245. The molecule has 3 heterocycles. The van der Waals surface area contributed by atoms with Crippen LogP contribution >= 0.6 is 0 Å². The van der Waals surface area contributed by atoms with Gasteiger partial charge in [0.05, 0.1) is 31.1 Å². The summed E-state index contributed by atoms with van der Waals surface area (Å²) in [5.74, 6) is 0.127. The molecule has 29 heavy (non-hydrogen) atoms. The van der Waals surface area contributed by atoms with Gasteiger partial charge in [-0.25, -0.2) is 4.79 Å². The van der Waals surface area contributed by atoms with E-state index in [1.807, 2.05) is 49.5 Å². The number of pyridine rings is 1. The van der Waals surface area contributed by atoms with Crippen LogP contribution < -0.4 is 4.74 Å². The highest BCUT2D eigenvalue weighted by Gasteiger charge is 2.35. The molecule has 0 amide bonds. The van der Waals surface area contributed by atoms with E-state index in [1.54, 1.807) is 6.07 Å². The number of rotatable bonds is 3. The average molecular weight is 390 g/mol. The molecule has 148 valence electrons. The Bertz CT molecular complexity index is 1070. The summed E-state index contributed by atoms with van der Waals surface area (Å²) in [5, 5.41) is 1.88. The fourth-order valence-corrected chi connectivity index (χ4v) is 4.06. The molecule has 0 bridgehead atoms. The number of ether oxygens (including phenoxy) is 3. The fourth-order valence-electron chi connectivity index (χ4n) is 4.06. The molecule has 1 aromatic heterocycles. The normalized spacial score (nSPS) is 19.3. The summed E-state index contributed by atoms with van der Waals surface area (Å²) >= 11 is 0. The Kier molecular flexibility index (Phi) is 4.75. The molecule has 6 heteroatoms. The third-order valence-electron chi connectivity index (χ3n) is 5.56. The van der Waals surface area contributed by atoms with Crippen LogP contribution in [0.5, 0.6) is 5.75 Å². The zero-order chi connectivity index (χ0) is 19.8. The Balaban J connectivity index is 1.52. The standard InChI is InChI=1S/C23H22N2O4/c1-15-21(29-23(26)19-8-4-6-16-5-2-3-7-18(16)19)20-17(13-24-15)14-28-22(20)25-9-11-27-12-10-25/h2-8,13,22H,9-12,14H2,1H3. The largest absolute Gasteiger partial charge is 0.421 e. The van der Waals surface area contributed by atoms with Crippen molar-refractivity contribution in [3.05, 3.63) is 71.0 Å². The van der Waals surface area contributed by atoms with E-state index in [0.29, 0.717) is 36.8 Å². The Morgan fingerprint density at radius 3 is 2.79 bits per heavy atom. The predicted octanol–water partition coefficient (Wildman–Crippen LogP) is 3.62. The maximum atomic E-state index is 13.1. The number of aryl methyl sites for hydroxylation is 1. The molecule has 0 N–H and O–H groups in total. The van der Waals surface area contributed by atoms with Crippen LogP contribution in [0.25, 0.3) is 10.8 Å². The van der Waals surface area contributed by atoms with Gasteiger partial charge in [-0.2, -0.15) is 0 Å². The van der Waals surface area contributed by atoms with Gasteiger partial charge in [0.25, 0.3) is 0 Å². The topological polar surface area (TPSA) is 60.9 Å². The van der Waals surface area contributed by atoms with Gasteiger partial charge < -0.3 is 14.2 Å². The number of fused-ring (bicyclic) bond motifs is 2. The SMILES string of the molecule is Cc1ncc2c(c1OC(=O)c1cccc3ccccc13)C(N1CCOCC1)OC2. The van der Waals surface area contributed by atoms with Crippen LogP contribution in [0.2, 0.25) is 0 Å². The number of carbonyl (C=O) groups is 1. The van der Waals surface area contributed by atoms with Crippen LogP contribution in [-0.4, -0.2) is 42.2 Å². The Labute approximate surface area is 169 Å². The molecule has 1 atom stereocenters. The number of hydrogen-bond donors (Lipinski definition) is 0. The first-order valence-electron chi connectivity index (χ1n) is 9.84. The van der Waals surface area contributed by atoms with Gasteiger partial charge in [0.15, 0.2) is 5.75 Å². The maximum absolute atomic E-state index is 13.1. The monoisotopic (exact) mass is 390 g/mol. The molecule has 1 unspecified atom stereocenters. The van der Waals surface area contributed by atoms with Gasteiger partial charge in [-0.3, -0.25) is 9.88 Å². The molecule has 0 radical (unpaired) electrons. The number of esters is 1. The maximum Gasteiger partial charge on any atom is 0.344 e. The minimum Gasteiger partial charge on any atom is -0.421 e. The first-order valence-corrected chi connectivity index (χ1v) is 9.84. The number of benzene rings is 2. The lowest BCUT2D eigenvalue weighted by Gasteiger charge is -2.32. The van der Waals surface area contributed by atoms with E-state index in [1.165, 1.54) is 0 Å². The van der Waals surface area contributed by atoms with Gasteiger partial charge in [-0.1, -0.05) is 36.4 Å². The summed E-state index contributed by atoms with van der Waals surface area (Å²) in [6.07, 6.45) is 1.58. The van der Waals surface area contributed by atoms with Crippen LogP contribution in [0.3, 0.4) is 0 Å². The van der Waals surface area contributed by atoms with Crippen molar-refractivity contribution in [2.45, 2.75) is 19.8 Å². The Morgan fingerprint density at radius 2 is 1.93 bits per heavy atom. The van der Waals surface area contributed by atoms with Crippen molar-refractivity contribution in [1.82, 2.24) is 9.88 Å². The van der Waals surface area contributed by atoms with Crippen molar-refractivity contribution in [2.24, 2.45) is 0 Å². The van der Waals surface area contributed by atoms with E-state index in [0.717, 1.165) is 35.0 Å². The number of morpholine rings is 1. The second-order valence-electron chi connectivity index (χ2n) is 7.34. The van der Waals surface area contributed by atoms with Gasteiger partial charge in [0.2, 0.25) is 0 Å². The predicted molar refractivity (Wildman–Crippen MR) is 108 cm³/mol. The lowest BCUT2D eigenvalue weighted by Crippen LogP contribution is -2.39. The minimum atomic E-state index is -0.382. The summed E-state index contributed by atoms with van der Waals surface area (Å²) in [7, 11) is 0. The summed E-state index contributed by atoms with van der Waals surface area (Å²) < 4.78 is 17.5. The van der Waals surface area contributed by atoms with E-state index < -0.39 is 0 Å². The number of carbonyl (C=O) groups excluding carboxylic acids is 1. The average Bonchev–Trinajstić information content (AvgIpc) is 3.20. The summed E-state index contributed by atoms with van der Waals surface area (Å²) in [5.41, 5.74) is 3.10. The fraction of sp³-hybridized carbons (Fsp3) is 0.304. The van der Waals surface area contributed by atoms with Crippen LogP contribution in [-0.2, 0) is 16.1 Å². The van der Waals surface area contributed by atoms with E-state index >= 15 is 0 Å². The van der Waals surface area contributed by atoms with E-state index in [9.17, 15) is 4.79 Å². The van der Waals surface area contributed by atoms with Crippen molar-refractivity contribution in [2.75, 3.05) is 26.3 Å². The van der Waals surface area contributed by atoms with Crippen molar-refractivity contribution in [3.63, 3.8) is 0 Å². The van der Waals surface area contributed by atoms with Crippen LogP contribution in [0, 0.1) is 6.92 Å². The van der Waals surface area contributed by atoms with Crippen LogP contribution in [0.4, 0.5) is 0 Å². The summed E-state index contributed by atoms with van der Waals surface area (Å²) in [6, 6.07) is 13.5. The number of hydrogen-bond acceptors (Lipinski definition) is 6. The van der Waals surface area contributed by atoms with Crippen LogP contribution in [0.1, 0.15) is 33.4 Å². The van der Waals surface area contributed by atoms with Crippen molar-refractivity contribution < 1.29 is 19.0 Å². The molecular formula is C23H22N2O4. The molecule has 2 aliphatic heterocycles. The zero-order valence-corrected chi connectivity index (χ0v) is 16.3. The Hall–Kier alpha value is -2.80.